The molecule has 106 valence electrons. The zero-order valence-electron chi connectivity index (χ0n) is 10.2. The molecule has 1 aromatic carbocycles. The van der Waals surface area contributed by atoms with Gasteiger partial charge in [0, 0.05) is 7.05 Å². The predicted octanol–water partition coefficient (Wildman–Crippen LogP) is 0.981. The molecule has 20 heavy (non-hydrogen) atoms. The number of Topliss-reactive ketones (excluding diaryl/α,β-unsaturated/α-hetero) is 1. The number of hydrogen-bond donors (Lipinski definition) is 1. The molecule has 0 radical (unpaired) electrons. The Kier molecular flexibility index (Phi) is 3.24. The zero-order valence-corrected chi connectivity index (χ0v) is 10.2. The molecule has 0 saturated heterocycles. The molecular weight excluding hydrogens is 277 g/mol. The Morgan fingerprint density at radius 2 is 1.95 bits per heavy atom. The molecule has 1 heterocycles. The quantitative estimate of drug-likeness (QED) is 0.824. The van der Waals surface area contributed by atoms with Crippen molar-refractivity contribution in [2.24, 2.45) is 0 Å². The van der Waals surface area contributed by atoms with Gasteiger partial charge in [0.25, 0.3) is 11.7 Å². The van der Waals surface area contributed by atoms with Gasteiger partial charge in [-0.25, -0.2) is 0 Å². The molecule has 1 aliphatic rings. The molecule has 0 bridgehead atoms. The third-order valence-corrected chi connectivity index (χ3v) is 2.88. The third kappa shape index (κ3) is 2.24. The number of nitrogens with one attached hydrogen (secondary N) is 1. The predicted molar refractivity (Wildman–Crippen MR) is 62.2 cm³/mol. The van der Waals surface area contributed by atoms with E-state index in [1.807, 2.05) is 0 Å². The van der Waals surface area contributed by atoms with Crippen molar-refractivity contribution < 1.29 is 27.6 Å². The van der Waals surface area contributed by atoms with E-state index in [-0.39, 0.29) is 11.3 Å². The molecule has 0 saturated carbocycles. The standard InChI is InChI=1S/C12H9F3N2O3/c1-16-9(18)5-17-8-3-2-6(12(13,14)15)4-7(8)10(19)11(17)20/h2-4H,5H2,1H3,(H,16,18). The van der Waals surface area contributed by atoms with Gasteiger partial charge in [0.1, 0.15) is 6.54 Å². The van der Waals surface area contributed by atoms with Gasteiger partial charge >= 0.3 is 6.18 Å². The molecule has 8 heteroatoms. The van der Waals surface area contributed by atoms with Crippen LogP contribution >= 0.6 is 0 Å². The monoisotopic (exact) mass is 286 g/mol. The van der Waals surface area contributed by atoms with E-state index in [9.17, 15) is 27.6 Å². The maximum atomic E-state index is 12.6. The van der Waals surface area contributed by atoms with Crippen molar-refractivity contribution in [2.45, 2.75) is 6.18 Å². The number of halogens is 3. The molecule has 0 aromatic heterocycles. The highest BCUT2D eigenvalue weighted by Gasteiger charge is 2.39. The molecule has 0 unspecified atom stereocenters. The largest absolute Gasteiger partial charge is 0.416 e. The number of carbonyl (C=O) groups excluding carboxylic acids is 3. The maximum absolute atomic E-state index is 12.6. The van der Waals surface area contributed by atoms with Gasteiger partial charge in [0.2, 0.25) is 5.91 Å². The molecule has 1 aromatic rings. The number of likely N-dealkylation sites (N-methyl/N-ethyl adjacent to an activating group) is 1. The van der Waals surface area contributed by atoms with E-state index in [2.05, 4.69) is 5.32 Å². The van der Waals surface area contributed by atoms with Crippen molar-refractivity contribution in [1.82, 2.24) is 5.32 Å². The Balaban J connectivity index is 2.44. The van der Waals surface area contributed by atoms with Crippen LogP contribution < -0.4 is 10.2 Å². The lowest BCUT2D eigenvalue weighted by Crippen LogP contribution is -2.38. The van der Waals surface area contributed by atoms with Gasteiger partial charge in [-0.2, -0.15) is 13.2 Å². The average molecular weight is 286 g/mol. The SMILES string of the molecule is CNC(=O)CN1C(=O)C(=O)c2cc(C(F)(F)F)ccc21. The summed E-state index contributed by atoms with van der Waals surface area (Å²) in [4.78, 5) is 35.5. The van der Waals surface area contributed by atoms with Crippen molar-refractivity contribution in [3.05, 3.63) is 29.3 Å². The molecular formula is C12H9F3N2O3. The highest BCUT2D eigenvalue weighted by Crippen LogP contribution is 2.35. The molecule has 0 aliphatic carbocycles. The zero-order chi connectivity index (χ0) is 15.1. The van der Waals surface area contributed by atoms with Crippen LogP contribution in [-0.4, -0.2) is 31.2 Å². The number of alkyl halides is 3. The average Bonchev–Trinajstić information content (AvgIpc) is 2.62. The first-order valence-corrected chi connectivity index (χ1v) is 5.53. The van der Waals surface area contributed by atoms with E-state index >= 15 is 0 Å². The first-order chi connectivity index (χ1) is 9.25. The number of fused-ring (bicyclic) bond motifs is 1. The van der Waals surface area contributed by atoms with Crippen LogP contribution in [-0.2, 0) is 15.8 Å². The summed E-state index contributed by atoms with van der Waals surface area (Å²) in [5.74, 6) is -2.59. The van der Waals surface area contributed by atoms with Gasteiger partial charge in [-0.1, -0.05) is 0 Å². The van der Waals surface area contributed by atoms with E-state index in [0.29, 0.717) is 6.07 Å². The molecule has 2 amide bonds. The Hall–Kier alpha value is -2.38. The summed E-state index contributed by atoms with van der Waals surface area (Å²) in [7, 11) is 1.35. The normalized spacial score (nSPS) is 14.5. The molecule has 2 rings (SSSR count). The smallest absolute Gasteiger partial charge is 0.358 e. The second kappa shape index (κ2) is 4.62. The Bertz CT molecular complexity index is 610. The lowest BCUT2D eigenvalue weighted by molar-refractivity contribution is -0.137. The molecule has 0 spiro atoms. The van der Waals surface area contributed by atoms with Crippen molar-refractivity contribution >= 4 is 23.3 Å². The third-order valence-electron chi connectivity index (χ3n) is 2.88. The lowest BCUT2D eigenvalue weighted by atomic mass is 10.1. The second-order valence-electron chi connectivity index (χ2n) is 4.12. The molecule has 5 nitrogen and oxygen atoms in total. The van der Waals surface area contributed by atoms with Crippen molar-refractivity contribution in [3.8, 4) is 0 Å². The van der Waals surface area contributed by atoms with Crippen molar-refractivity contribution in [2.75, 3.05) is 18.5 Å². The van der Waals surface area contributed by atoms with Crippen LogP contribution in [0.1, 0.15) is 15.9 Å². The van der Waals surface area contributed by atoms with E-state index in [1.165, 1.54) is 7.05 Å². The van der Waals surface area contributed by atoms with E-state index in [0.717, 1.165) is 17.0 Å². The van der Waals surface area contributed by atoms with Crippen LogP contribution in [0, 0.1) is 0 Å². The summed E-state index contributed by atoms with van der Waals surface area (Å²) < 4.78 is 37.7. The van der Waals surface area contributed by atoms with Gasteiger partial charge < -0.3 is 5.32 Å². The number of ketones is 1. The highest BCUT2D eigenvalue weighted by molar-refractivity contribution is 6.52. The van der Waals surface area contributed by atoms with Gasteiger partial charge in [-0.3, -0.25) is 19.3 Å². The van der Waals surface area contributed by atoms with Gasteiger partial charge in [0.05, 0.1) is 16.8 Å². The molecule has 0 fully saturated rings. The summed E-state index contributed by atoms with van der Waals surface area (Å²) >= 11 is 0. The number of hydrogen-bond acceptors (Lipinski definition) is 3. The minimum Gasteiger partial charge on any atom is -0.358 e. The van der Waals surface area contributed by atoms with Crippen LogP contribution in [0.3, 0.4) is 0 Å². The van der Waals surface area contributed by atoms with Crippen molar-refractivity contribution in [3.63, 3.8) is 0 Å². The van der Waals surface area contributed by atoms with Crippen LogP contribution in [0.15, 0.2) is 18.2 Å². The number of amides is 2. The fraction of sp³-hybridized carbons (Fsp3) is 0.250. The first-order valence-electron chi connectivity index (χ1n) is 5.53. The topological polar surface area (TPSA) is 66.5 Å². The Labute approximate surface area is 111 Å². The lowest BCUT2D eigenvalue weighted by Gasteiger charge is -2.15. The number of anilines is 1. The van der Waals surface area contributed by atoms with Crippen LogP contribution in [0.2, 0.25) is 0 Å². The van der Waals surface area contributed by atoms with Crippen LogP contribution in [0.25, 0.3) is 0 Å². The van der Waals surface area contributed by atoms with E-state index in [1.54, 1.807) is 0 Å². The van der Waals surface area contributed by atoms with Crippen LogP contribution in [0.4, 0.5) is 18.9 Å². The fourth-order valence-electron chi connectivity index (χ4n) is 1.86. The number of nitrogens with zero attached hydrogens (tertiary/aromatic N) is 1. The molecule has 1 N–H and O–H groups in total. The van der Waals surface area contributed by atoms with Gasteiger partial charge in [0.15, 0.2) is 0 Å². The number of carbonyl (C=O) groups is 3. The Morgan fingerprint density at radius 3 is 2.50 bits per heavy atom. The van der Waals surface area contributed by atoms with Crippen LogP contribution in [0.5, 0.6) is 0 Å². The summed E-state index contributed by atoms with van der Waals surface area (Å²) in [6.45, 7) is -0.417. The van der Waals surface area contributed by atoms with Crippen molar-refractivity contribution in [1.29, 1.82) is 0 Å². The summed E-state index contributed by atoms with van der Waals surface area (Å²) in [5.41, 5.74) is -1.34. The maximum Gasteiger partial charge on any atom is 0.416 e. The molecule has 1 aliphatic heterocycles. The van der Waals surface area contributed by atoms with Gasteiger partial charge in [-0.05, 0) is 18.2 Å². The summed E-state index contributed by atoms with van der Waals surface area (Å²) in [6, 6.07) is 2.41. The van der Waals surface area contributed by atoms with E-state index in [4.69, 9.17) is 0 Å². The second-order valence-corrected chi connectivity index (χ2v) is 4.12. The number of rotatable bonds is 2. The number of benzene rings is 1. The first kappa shape index (κ1) is 14.0. The fourth-order valence-corrected chi connectivity index (χ4v) is 1.86. The highest BCUT2D eigenvalue weighted by atomic mass is 19.4. The summed E-state index contributed by atoms with van der Waals surface area (Å²) in [6.07, 6.45) is -4.60. The van der Waals surface area contributed by atoms with Gasteiger partial charge in [-0.15, -0.1) is 0 Å². The Morgan fingerprint density at radius 1 is 1.30 bits per heavy atom. The minimum absolute atomic E-state index is 0.0107. The minimum atomic E-state index is -4.60. The summed E-state index contributed by atoms with van der Waals surface area (Å²) in [5, 5.41) is 2.27. The van der Waals surface area contributed by atoms with E-state index < -0.39 is 35.9 Å². The molecule has 0 atom stereocenters.